The number of benzene rings is 1. The molecular formula is C13H10ClN3. The normalized spacial score (nSPS) is 14.6. The fraction of sp³-hybridized carbons (Fsp3) is 0.231. The Morgan fingerprint density at radius 1 is 1.35 bits per heavy atom. The van der Waals surface area contributed by atoms with Crippen LogP contribution in [0.3, 0.4) is 0 Å². The van der Waals surface area contributed by atoms with Crippen molar-refractivity contribution in [2.45, 2.75) is 18.8 Å². The van der Waals surface area contributed by atoms with Crippen molar-refractivity contribution in [2.75, 3.05) is 0 Å². The molecule has 1 heterocycles. The second-order valence-electron chi connectivity index (χ2n) is 4.21. The Morgan fingerprint density at radius 2 is 2.18 bits per heavy atom. The van der Waals surface area contributed by atoms with Crippen LogP contribution in [-0.2, 0) is 0 Å². The van der Waals surface area contributed by atoms with Crippen LogP contribution in [-0.4, -0.2) is 9.78 Å². The number of aromatic nitrogens is 2. The first-order valence-corrected chi connectivity index (χ1v) is 5.92. The minimum atomic E-state index is 0.466. The van der Waals surface area contributed by atoms with E-state index in [4.69, 9.17) is 16.9 Å². The van der Waals surface area contributed by atoms with Gasteiger partial charge in [-0.05, 0) is 31.0 Å². The lowest BCUT2D eigenvalue weighted by atomic mass is 10.2. The van der Waals surface area contributed by atoms with E-state index in [1.54, 1.807) is 10.7 Å². The number of hydrogen-bond acceptors (Lipinski definition) is 2. The van der Waals surface area contributed by atoms with E-state index in [9.17, 15) is 0 Å². The monoisotopic (exact) mass is 243 g/mol. The molecule has 1 aliphatic rings. The molecule has 0 saturated heterocycles. The Kier molecular flexibility index (Phi) is 2.38. The van der Waals surface area contributed by atoms with Gasteiger partial charge in [0, 0.05) is 12.1 Å². The molecule has 0 unspecified atom stereocenters. The van der Waals surface area contributed by atoms with E-state index < -0.39 is 0 Å². The van der Waals surface area contributed by atoms with Crippen LogP contribution >= 0.6 is 11.6 Å². The summed E-state index contributed by atoms with van der Waals surface area (Å²) in [5.74, 6) is 0.612. The van der Waals surface area contributed by atoms with Crippen molar-refractivity contribution in [3.05, 3.63) is 46.7 Å². The predicted octanol–water partition coefficient (Wildman–Crippen LogP) is 3.27. The molecule has 1 aliphatic carbocycles. The van der Waals surface area contributed by atoms with Crippen LogP contribution in [0.4, 0.5) is 0 Å². The molecule has 3 nitrogen and oxygen atoms in total. The second kappa shape index (κ2) is 3.90. The fourth-order valence-electron chi connectivity index (χ4n) is 1.88. The van der Waals surface area contributed by atoms with E-state index in [2.05, 4.69) is 11.2 Å². The highest BCUT2D eigenvalue weighted by molar-refractivity contribution is 6.32. The second-order valence-corrected chi connectivity index (χ2v) is 4.61. The number of nitriles is 1. The van der Waals surface area contributed by atoms with Crippen LogP contribution in [0.1, 0.15) is 30.0 Å². The summed E-state index contributed by atoms with van der Waals surface area (Å²) in [6, 6.07) is 9.54. The summed E-state index contributed by atoms with van der Waals surface area (Å²) in [5, 5.41) is 14.1. The summed E-state index contributed by atoms with van der Waals surface area (Å²) in [5.41, 5.74) is 2.32. The zero-order chi connectivity index (χ0) is 11.8. The van der Waals surface area contributed by atoms with Gasteiger partial charge in [0.1, 0.15) is 6.07 Å². The van der Waals surface area contributed by atoms with E-state index in [1.165, 1.54) is 12.8 Å². The third-order valence-electron chi connectivity index (χ3n) is 2.96. The lowest BCUT2D eigenvalue weighted by molar-refractivity contribution is 0.835. The van der Waals surface area contributed by atoms with Gasteiger partial charge in [0.05, 0.1) is 22.0 Å². The molecule has 0 atom stereocenters. The van der Waals surface area contributed by atoms with Gasteiger partial charge in [-0.1, -0.05) is 17.7 Å². The van der Waals surface area contributed by atoms with Gasteiger partial charge in [0.2, 0.25) is 0 Å². The molecule has 1 aromatic carbocycles. The van der Waals surface area contributed by atoms with Gasteiger partial charge >= 0.3 is 0 Å². The highest BCUT2D eigenvalue weighted by Gasteiger charge is 2.26. The third kappa shape index (κ3) is 1.81. The fourth-order valence-corrected chi connectivity index (χ4v) is 2.10. The maximum Gasteiger partial charge on any atom is 0.103 e. The van der Waals surface area contributed by atoms with E-state index in [0.29, 0.717) is 16.5 Å². The van der Waals surface area contributed by atoms with Crippen molar-refractivity contribution in [3.8, 4) is 11.8 Å². The molecular weight excluding hydrogens is 234 g/mol. The zero-order valence-electron chi connectivity index (χ0n) is 9.10. The topological polar surface area (TPSA) is 41.6 Å². The van der Waals surface area contributed by atoms with Crippen LogP contribution in [0.25, 0.3) is 5.69 Å². The number of halogens is 1. The average Bonchev–Trinajstić information content (AvgIpc) is 3.07. The lowest BCUT2D eigenvalue weighted by Gasteiger charge is -2.04. The van der Waals surface area contributed by atoms with Crippen molar-refractivity contribution in [1.82, 2.24) is 9.78 Å². The molecule has 84 valence electrons. The van der Waals surface area contributed by atoms with Crippen LogP contribution in [0.5, 0.6) is 0 Å². The van der Waals surface area contributed by atoms with Gasteiger partial charge in [-0.3, -0.25) is 0 Å². The maximum atomic E-state index is 9.11. The number of hydrogen-bond donors (Lipinski definition) is 0. The first kappa shape index (κ1) is 10.4. The first-order valence-electron chi connectivity index (χ1n) is 5.54. The predicted molar refractivity (Wildman–Crippen MR) is 65.3 cm³/mol. The average molecular weight is 244 g/mol. The maximum absolute atomic E-state index is 9.11. The van der Waals surface area contributed by atoms with E-state index in [0.717, 1.165) is 11.4 Å². The van der Waals surface area contributed by atoms with Crippen molar-refractivity contribution in [3.63, 3.8) is 0 Å². The molecule has 0 aliphatic heterocycles. The van der Waals surface area contributed by atoms with Gasteiger partial charge in [0.25, 0.3) is 0 Å². The van der Waals surface area contributed by atoms with E-state index in [1.807, 2.05) is 24.4 Å². The molecule has 0 N–H and O–H groups in total. The first-order chi connectivity index (χ1) is 8.29. The standard InChI is InChI=1S/C13H10ClN3/c14-11-2-1-3-13(10(11)8-15)17-7-6-12(16-17)9-4-5-9/h1-3,6-7,9H,4-5H2. The Labute approximate surface area is 104 Å². The van der Waals surface area contributed by atoms with Gasteiger partial charge in [0.15, 0.2) is 0 Å². The molecule has 1 saturated carbocycles. The van der Waals surface area contributed by atoms with Crippen LogP contribution in [0.2, 0.25) is 5.02 Å². The minimum Gasteiger partial charge on any atom is -0.239 e. The van der Waals surface area contributed by atoms with Crippen molar-refractivity contribution in [2.24, 2.45) is 0 Å². The smallest absolute Gasteiger partial charge is 0.103 e. The molecule has 2 aromatic rings. The van der Waals surface area contributed by atoms with Gasteiger partial charge in [-0.2, -0.15) is 10.4 Å². The molecule has 1 aromatic heterocycles. The quantitative estimate of drug-likeness (QED) is 0.812. The third-order valence-corrected chi connectivity index (χ3v) is 3.27. The molecule has 17 heavy (non-hydrogen) atoms. The summed E-state index contributed by atoms with van der Waals surface area (Å²) < 4.78 is 1.73. The molecule has 0 spiro atoms. The van der Waals surface area contributed by atoms with Gasteiger partial charge in [-0.15, -0.1) is 0 Å². The number of nitrogens with zero attached hydrogens (tertiary/aromatic N) is 3. The van der Waals surface area contributed by atoms with Crippen LogP contribution in [0.15, 0.2) is 30.5 Å². The molecule has 0 radical (unpaired) electrons. The van der Waals surface area contributed by atoms with Crippen LogP contribution in [0, 0.1) is 11.3 Å². The van der Waals surface area contributed by atoms with Crippen LogP contribution < -0.4 is 0 Å². The minimum absolute atomic E-state index is 0.466. The molecule has 3 rings (SSSR count). The largest absolute Gasteiger partial charge is 0.239 e. The Hall–Kier alpha value is -1.79. The Morgan fingerprint density at radius 3 is 2.88 bits per heavy atom. The molecule has 4 heteroatoms. The van der Waals surface area contributed by atoms with Crippen molar-refractivity contribution >= 4 is 11.6 Å². The number of rotatable bonds is 2. The Balaban J connectivity index is 2.08. The molecule has 0 bridgehead atoms. The highest BCUT2D eigenvalue weighted by Crippen LogP contribution is 2.39. The Bertz CT molecular complexity index is 605. The SMILES string of the molecule is N#Cc1c(Cl)cccc1-n1ccc(C2CC2)n1. The van der Waals surface area contributed by atoms with Gasteiger partial charge < -0.3 is 0 Å². The summed E-state index contributed by atoms with van der Waals surface area (Å²) in [6.07, 6.45) is 4.33. The summed E-state index contributed by atoms with van der Waals surface area (Å²) in [7, 11) is 0. The summed E-state index contributed by atoms with van der Waals surface area (Å²) >= 11 is 6.00. The van der Waals surface area contributed by atoms with E-state index >= 15 is 0 Å². The van der Waals surface area contributed by atoms with E-state index in [-0.39, 0.29) is 0 Å². The van der Waals surface area contributed by atoms with Gasteiger partial charge in [-0.25, -0.2) is 4.68 Å². The zero-order valence-corrected chi connectivity index (χ0v) is 9.85. The molecule has 1 fully saturated rings. The van der Waals surface area contributed by atoms with Crippen molar-refractivity contribution in [1.29, 1.82) is 5.26 Å². The van der Waals surface area contributed by atoms with Crippen molar-refractivity contribution < 1.29 is 0 Å². The lowest BCUT2D eigenvalue weighted by Crippen LogP contribution is -1.99. The highest BCUT2D eigenvalue weighted by atomic mass is 35.5. The summed E-state index contributed by atoms with van der Waals surface area (Å²) in [6.45, 7) is 0. The molecule has 0 amide bonds. The summed E-state index contributed by atoms with van der Waals surface area (Å²) in [4.78, 5) is 0.